The highest BCUT2D eigenvalue weighted by atomic mass is 35.5. The van der Waals surface area contributed by atoms with E-state index in [1.165, 1.54) is 13.2 Å². The molecule has 0 aliphatic rings. The minimum Gasteiger partial charge on any atom is -0.461 e. The third kappa shape index (κ3) is 3.50. The van der Waals surface area contributed by atoms with Gasteiger partial charge in [0.05, 0.1) is 12.2 Å². The highest BCUT2D eigenvalue weighted by Gasteiger charge is 2.26. The summed E-state index contributed by atoms with van der Waals surface area (Å²) >= 11 is 11.8. The van der Waals surface area contributed by atoms with E-state index in [0.29, 0.717) is 10.0 Å². The normalized spacial score (nSPS) is 12.2. The number of carbonyl (C=O) groups is 2. The summed E-state index contributed by atoms with van der Waals surface area (Å²) in [7, 11) is 0. The van der Waals surface area contributed by atoms with Gasteiger partial charge in [0.15, 0.2) is 5.76 Å². The van der Waals surface area contributed by atoms with Crippen LogP contribution in [0.2, 0.25) is 10.0 Å². The van der Waals surface area contributed by atoms with Crippen LogP contribution in [0.25, 0.3) is 0 Å². The van der Waals surface area contributed by atoms with Crippen LogP contribution in [0.15, 0.2) is 41.0 Å². The van der Waals surface area contributed by atoms with Gasteiger partial charge in [-0.1, -0.05) is 23.2 Å². The van der Waals surface area contributed by atoms with Gasteiger partial charge in [0.1, 0.15) is 5.78 Å². The van der Waals surface area contributed by atoms with Crippen molar-refractivity contribution in [3.63, 3.8) is 0 Å². The number of halogens is 2. The van der Waals surface area contributed by atoms with Gasteiger partial charge in [-0.3, -0.25) is 9.59 Å². The zero-order chi connectivity index (χ0) is 14.7. The SMILES string of the molecule is CC(=O)C(Cc1cc(Cl)cc(Cl)c1)C(=O)c1ccco1. The zero-order valence-corrected chi connectivity index (χ0v) is 12.2. The Morgan fingerprint density at radius 2 is 1.85 bits per heavy atom. The van der Waals surface area contributed by atoms with Crippen molar-refractivity contribution < 1.29 is 14.0 Å². The fourth-order valence-electron chi connectivity index (χ4n) is 1.98. The number of carbonyl (C=O) groups excluding carboxylic acids is 2. The molecule has 1 atom stereocenters. The minimum absolute atomic E-state index is 0.179. The van der Waals surface area contributed by atoms with Crippen LogP contribution in [0.5, 0.6) is 0 Å². The summed E-state index contributed by atoms with van der Waals surface area (Å²) in [5.74, 6) is -1.17. The van der Waals surface area contributed by atoms with Crippen molar-refractivity contribution in [1.29, 1.82) is 0 Å². The predicted molar refractivity (Wildman–Crippen MR) is 77.4 cm³/mol. The molecule has 0 spiro atoms. The number of benzene rings is 1. The molecule has 3 nitrogen and oxygen atoms in total. The van der Waals surface area contributed by atoms with Crippen molar-refractivity contribution >= 4 is 34.8 Å². The molecular weight excluding hydrogens is 299 g/mol. The summed E-state index contributed by atoms with van der Waals surface area (Å²) < 4.78 is 5.06. The van der Waals surface area contributed by atoms with E-state index >= 15 is 0 Å². The van der Waals surface area contributed by atoms with E-state index in [9.17, 15) is 9.59 Å². The molecular formula is C15H12Cl2O3. The van der Waals surface area contributed by atoms with E-state index in [-0.39, 0.29) is 23.7 Å². The van der Waals surface area contributed by atoms with Crippen LogP contribution in [0.4, 0.5) is 0 Å². The molecule has 2 rings (SSSR count). The first kappa shape index (κ1) is 14.8. The second-order valence-electron chi connectivity index (χ2n) is 4.49. The first-order valence-electron chi connectivity index (χ1n) is 6.00. The molecule has 20 heavy (non-hydrogen) atoms. The quantitative estimate of drug-likeness (QED) is 0.613. The fourth-order valence-corrected chi connectivity index (χ4v) is 2.55. The lowest BCUT2D eigenvalue weighted by Gasteiger charge is -2.12. The van der Waals surface area contributed by atoms with E-state index in [4.69, 9.17) is 27.6 Å². The highest BCUT2D eigenvalue weighted by molar-refractivity contribution is 6.34. The topological polar surface area (TPSA) is 47.3 Å². The molecule has 1 unspecified atom stereocenters. The van der Waals surface area contributed by atoms with Gasteiger partial charge in [-0.15, -0.1) is 0 Å². The lowest BCUT2D eigenvalue weighted by atomic mass is 9.91. The molecule has 2 aromatic rings. The van der Waals surface area contributed by atoms with Crippen LogP contribution >= 0.6 is 23.2 Å². The Kier molecular flexibility index (Phi) is 4.63. The average Bonchev–Trinajstić information content (AvgIpc) is 2.87. The molecule has 0 fully saturated rings. The molecule has 0 saturated carbocycles. The van der Waals surface area contributed by atoms with Crippen molar-refractivity contribution in [2.24, 2.45) is 5.92 Å². The molecule has 5 heteroatoms. The molecule has 1 aromatic heterocycles. The fraction of sp³-hybridized carbons (Fsp3) is 0.200. The molecule has 0 radical (unpaired) electrons. The Balaban J connectivity index is 2.26. The van der Waals surface area contributed by atoms with Gasteiger partial charge >= 0.3 is 0 Å². The lowest BCUT2D eigenvalue weighted by Crippen LogP contribution is -2.24. The average molecular weight is 311 g/mol. The monoisotopic (exact) mass is 310 g/mol. The number of furan rings is 1. The van der Waals surface area contributed by atoms with Crippen molar-refractivity contribution in [1.82, 2.24) is 0 Å². The molecule has 0 N–H and O–H groups in total. The molecule has 0 aliphatic heterocycles. The van der Waals surface area contributed by atoms with Gasteiger partial charge in [0.25, 0.3) is 0 Å². The summed E-state index contributed by atoms with van der Waals surface area (Å²) in [6.45, 7) is 1.39. The largest absolute Gasteiger partial charge is 0.461 e. The Hall–Kier alpha value is -1.58. The maximum absolute atomic E-state index is 12.2. The van der Waals surface area contributed by atoms with Crippen LogP contribution in [-0.4, -0.2) is 11.6 Å². The Morgan fingerprint density at radius 1 is 1.20 bits per heavy atom. The summed E-state index contributed by atoms with van der Waals surface area (Å²) in [6.07, 6.45) is 1.65. The van der Waals surface area contributed by atoms with Crippen LogP contribution < -0.4 is 0 Å². The Labute approximate surface area is 126 Å². The van der Waals surface area contributed by atoms with Gasteiger partial charge in [-0.05, 0) is 49.2 Å². The minimum atomic E-state index is -0.796. The first-order chi connectivity index (χ1) is 9.47. The van der Waals surface area contributed by atoms with Gasteiger partial charge < -0.3 is 4.42 Å². The maximum atomic E-state index is 12.2. The smallest absolute Gasteiger partial charge is 0.208 e. The standard InChI is InChI=1S/C15H12Cl2O3/c1-9(18)13(15(19)14-3-2-4-20-14)7-10-5-11(16)8-12(17)6-10/h2-6,8,13H,7H2,1H3. The summed E-state index contributed by atoms with van der Waals surface area (Å²) in [4.78, 5) is 24.0. The molecule has 0 amide bonds. The number of hydrogen-bond donors (Lipinski definition) is 0. The van der Waals surface area contributed by atoms with Crippen molar-refractivity contribution in [3.8, 4) is 0 Å². The molecule has 104 valence electrons. The summed E-state index contributed by atoms with van der Waals surface area (Å²) in [5, 5.41) is 0.945. The molecule has 0 bridgehead atoms. The lowest BCUT2D eigenvalue weighted by molar-refractivity contribution is -0.119. The predicted octanol–water partition coefficient (Wildman–Crippen LogP) is 4.22. The molecule has 1 aromatic carbocycles. The summed E-state index contributed by atoms with van der Waals surface area (Å²) in [5.41, 5.74) is 0.739. The second kappa shape index (κ2) is 6.25. The molecule has 0 saturated heterocycles. The number of hydrogen-bond acceptors (Lipinski definition) is 3. The number of ketones is 2. The summed E-state index contributed by atoms with van der Waals surface area (Å²) in [6, 6.07) is 8.14. The van der Waals surface area contributed by atoms with E-state index in [0.717, 1.165) is 5.56 Å². The van der Waals surface area contributed by atoms with E-state index < -0.39 is 5.92 Å². The second-order valence-corrected chi connectivity index (χ2v) is 5.36. The third-order valence-electron chi connectivity index (χ3n) is 2.93. The van der Waals surface area contributed by atoms with Gasteiger partial charge in [0, 0.05) is 10.0 Å². The van der Waals surface area contributed by atoms with E-state index in [2.05, 4.69) is 0 Å². The zero-order valence-electron chi connectivity index (χ0n) is 10.7. The Bertz CT molecular complexity index is 612. The van der Waals surface area contributed by atoms with Crippen molar-refractivity contribution in [2.75, 3.05) is 0 Å². The Morgan fingerprint density at radius 3 is 2.35 bits per heavy atom. The van der Waals surface area contributed by atoms with Crippen molar-refractivity contribution in [3.05, 3.63) is 58.0 Å². The van der Waals surface area contributed by atoms with Gasteiger partial charge in [-0.2, -0.15) is 0 Å². The molecule has 0 aliphatic carbocycles. The van der Waals surface area contributed by atoms with Crippen LogP contribution in [0.1, 0.15) is 23.0 Å². The van der Waals surface area contributed by atoms with Gasteiger partial charge in [-0.25, -0.2) is 0 Å². The van der Waals surface area contributed by atoms with Crippen LogP contribution in [-0.2, 0) is 11.2 Å². The third-order valence-corrected chi connectivity index (χ3v) is 3.37. The van der Waals surface area contributed by atoms with Gasteiger partial charge in [0.2, 0.25) is 5.78 Å². The van der Waals surface area contributed by atoms with Crippen LogP contribution in [0, 0.1) is 5.92 Å². The van der Waals surface area contributed by atoms with Crippen LogP contribution in [0.3, 0.4) is 0 Å². The molecule has 1 heterocycles. The van der Waals surface area contributed by atoms with E-state index in [1.807, 2.05) is 0 Å². The first-order valence-corrected chi connectivity index (χ1v) is 6.76. The van der Waals surface area contributed by atoms with Crippen molar-refractivity contribution in [2.45, 2.75) is 13.3 Å². The maximum Gasteiger partial charge on any atom is 0.208 e. The van der Waals surface area contributed by atoms with E-state index in [1.54, 1.807) is 30.3 Å². The highest BCUT2D eigenvalue weighted by Crippen LogP contribution is 2.23. The number of rotatable bonds is 5. The number of Topliss-reactive ketones (excluding diaryl/α,β-unsaturated/α-hetero) is 2.